The first-order chi connectivity index (χ1) is 9.24. The molecule has 1 aromatic carbocycles. The van der Waals surface area contributed by atoms with Crippen LogP contribution in [0.3, 0.4) is 0 Å². The van der Waals surface area contributed by atoms with E-state index in [0.717, 1.165) is 19.5 Å². The van der Waals surface area contributed by atoms with E-state index in [2.05, 4.69) is 60.1 Å². The Morgan fingerprint density at radius 1 is 1.21 bits per heavy atom. The lowest BCUT2D eigenvalue weighted by Crippen LogP contribution is -2.33. The van der Waals surface area contributed by atoms with Gasteiger partial charge in [-0.05, 0) is 30.5 Å². The van der Waals surface area contributed by atoms with Crippen LogP contribution in [0.25, 0.3) is 0 Å². The molecule has 0 unspecified atom stereocenters. The molecule has 1 aliphatic rings. The van der Waals surface area contributed by atoms with Gasteiger partial charge in [-0.25, -0.2) is 0 Å². The summed E-state index contributed by atoms with van der Waals surface area (Å²) >= 11 is 0. The van der Waals surface area contributed by atoms with Gasteiger partial charge in [0, 0.05) is 37.4 Å². The van der Waals surface area contributed by atoms with Crippen LogP contribution in [0.15, 0.2) is 42.6 Å². The third-order valence-corrected chi connectivity index (χ3v) is 4.04. The van der Waals surface area contributed by atoms with Crippen molar-refractivity contribution in [2.45, 2.75) is 32.9 Å². The molecule has 1 aliphatic heterocycles. The lowest BCUT2D eigenvalue weighted by Gasteiger charge is -2.33. The van der Waals surface area contributed by atoms with Crippen LogP contribution in [-0.4, -0.2) is 16.4 Å². The zero-order valence-corrected chi connectivity index (χ0v) is 11.6. The van der Waals surface area contributed by atoms with E-state index in [1.54, 1.807) is 0 Å². The minimum absolute atomic E-state index is 0.467. The first-order valence-corrected chi connectivity index (χ1v) is 6.97. The van der Waals surface area contributed by atoms with Gasteiger partial charge in [-0.1, -0.05) is 36.4 Å². The zero-order valence-electron chi connectivity index (χ0n) is 11.6. The largest absolute Gasteiger partial charge is 0.292 e. The van der Waals surface area contributed by atoms with Gasteiger partial charge in [-0.3, -0.25) is 9.88 Å². The number of benzene rings is 1. The van der Waals surface area contributed by atoms with Crippen molar-refractivity contribution >= 4 is 0 Å². The second-order valence-corrected chi connectivity index (χ2v) is 5.43. The zero-order chi connectivity index (χ0) is 13.2. The number of hydrogen-bond acceptors (Lipinski definition) is 2. The second kappa shape index (κ2) is 5.14. The quantitative estimate of drug-likeness (QED) is 0.813. The monoisotopic (exact) mass is 252 g/mol. The number of pyridine rings is 1. The second-order valence-electron chi connectivity index (χ2n) is 5.43. The highest BCUT2D eigenvalue weighted by Gasteiger charge is 2.22. The Balaban J connectivity index is 1.82. The molecular formula is C17H20N2. The fourth-order valence-corrected chi connectivity index (χ4v) is 2.84. The molecule has 0 bridgehead atoms. The first-order valence-electron chi connectivity index (χ1n) is 6.97. The van der Waals surface area contributed by atoms with Crippen LogP contribution in [0.4, 0.5) is 0 Å². The van der Waals surface area contributed by atoms with Crippen molar-refractivity contribution in [3.8, 4) is 0 Å². The van der Waals surface area contributed by atoms with Crippen molar-refractivity contribution < 1.29 is 0 Å². The van der Waals surface area contributed by atoms with Crippen molar-refractivity contribution in [2.24, 2.45) is 0 Å². The molecule has 0 spiro atoms. The third-order valence-electron chi connectivity index (χ3n) is 4.04. The Morgan fingerprint density at radius 2 is 2.00 bits per heavy atom. The maximum Gasteiger partial charge on any atom is 0.0461 e. The summed E-state index contributed by atoms with van der Waals surface area (Å²) in [5.41, 5.74) is 5.33. The normalized spacial score (nSPS) is 16.9. The summed E-state index contributed by atoms with van der Waals surface area (Å²) in [6.45, 7) is 6.52. The lowest BCUT2D eigenvalue weighted by atomic mass is 10.00. The summed E-state index contributed by atoms with van der Waals surface area (Å²) in [7, 11) is 0. The van der Waals surface area contributed by atoms with Crippen molar-refractivity contribution in [2.75, 3.05) is 6.54 Å². The predicted molar refractivity (Wildman–Crippen MR) is 77.9 cm³/mol. The molecule has 0 radical (unpaired) electrons. The molecule has 2 aromatic rings. The Bertz CT molecular complexity index is 563. The molecular weight excluding hydrogens is 232 g/mol. The van der Waals surface area contributed by atoms with Gasteiger partial charge >= 0.3 is 0 Å². The van der Waals surface area contributed by atoms with Gasteiger partial charge in [-0.2, -0.15) is 0 Å². The molecule has 2 nitrogen and oxygen atoms in total. The van der Waals surface area contributed by atoms with Crippen LogP contribution in [0.2, 0.25) is 0 Å². The average Bonchev–Trinajstić information content (AvgIpc) is 2.46. The van der Waals surface area contributed by atoms with Crippen molar-refractivity contribution in [1.29, 1.82) is 0 Å². The maximum absolute atomic E-state index is 4.56. The number of fused-ring (bicyclic) bond motifs is 1. The molecule has 98 valence electrons. The van der Waals surface area contributed by atoms with Crippen LogP contribution >= 0.6 is 0 Å². The van der Waals surface area contributed by atoms with Gasteiger partial charge in [0.15, 0.2) is 0 Å². The van der Waals surface area contributed by atoms with Crippen LogP contribution in [-0.2, 0) is 13.0 Å². The third kappa shape index (κ3) is 2.54. The summed E-state index contributed by atoms with van der Waals surface area (Å²) < 4.78 is 0. The van der Waals surface area contributed by atoms with Gasteiger partial charge in [-0.15, -0.1) is 0 Å². The van der Waals surface area contributed by atoms with Crippen molar-refractivity contribution in [3.05, 3.63) is 65.0 Å². The van der Waals surface area contributed by atoms with E-state index in [1.165, 1.54) is 22.4 Å². The topological polar surface area (TPSA) is 16.1 Å². The smallest absolute Gasteiger partial charge is 0.0461 e. The van der Waals surface area contributed by atoms with E-state index in [9.17, 15) is 0 Å². The fourth-order valence-electron chi connectivity index (χ4n) is 2.84. The van der Waals surface area contributed by atoms with Crippen LogP contribution in [0, 0.1) is 6.92 Å². The van der Waals surface area contributed by atoms with E-state index < -0.39 is 0 Å². The lowest BCUT2D eigenvalue weighted by molar-refractivity contribution is 0.190. The van der Waals surface area contributed by atoms with E-state index in [4.69, 9.17) is 0 Å². The predicted octanol–water partition coefficient (Wildman–Crippen LogP) is 3.51. The number of aromatic nitrogens is 1. The van der Waals surface area contributed by atoms with Crippen molar-refractivity contribution in [3.63, 3.8) is 0 Å². The van der Waals surface area contributed by atoms with Gasteiger partial charge in [0.25, 0.3) is 0 Å². The molecule has 0 aliphatic carbocycles. The molecule has 0 N–H and O–H groups in total. The fraction of sp³-hybridized carbons (Fsp3) is 0.353. The van der Waals surface area contributed by atoms with E-state index >= 15 is 0 Å². The molecule has 0 saturated heterocycles. The average molecular weight is 252 g/mol. The number of aryl methyl sites for hydroxylation is 1. The maximum atomic E-state index is 4.56. The molecule has 2 heterocycles. The molecule has 1 atom stereocenters. The highest BCUT2D eigenvalue weighted by Crippen LogP contribution is 2.26. The number of nitrogens with zero attached hydrogens (tertiary/aromatic N) is 2. The standard InChI is InChI=1S/C17H20N2/c1-13-10-16-12-19(9-8-17(16)18-11-13)14(2)15-6-4-3-5-7-15/h3-7,10-11,14H,8-9,12H2,1-2H3/t14-/m1/s1. The molecule has 19 heavy (non-hydrogen) atoms. The SMILES string of the molecule is Cc1cnc2c(c1)CN([C@H](C)c1ccccc1)CC2. The summed E-state index contributed by atoms with van der Waals surface area (Å²) in [5, 5.41) is 0. The Hall–Kier alpha value is -1.67. The molecule has 0 saturated carbocycles. The molecule has 1 aromatic heterocycles. The number of hydrogen-bond donors (Lipinski definition) is 0. The summed E-state index contributed by atoms with van der Waals surface area (Å²) in [6.07, 6.45) is 3.04. The summed E-state index contributed by atoms with van der Waals surface area (Å²) in [6, 6.07) is 13.5. The molecule has 3 rings (SSSR count). The Morgan fingerprint density at radius 3 is 2.79 bits per heavy atom. The van der Waals surface area contributed by atoms with Crippen LogP contribution < -0.4 is 0 Å². The summed E-state index contributed by atoms with van der Waals surface area (Å²) in [5.74, 6) is 0. The van der Waals surface area contributed by atoms with Crippen LogP contribution in [0.1, 0.15) is 35.3 Å². The minimum atomic E-state index is 0.467. The Kier molecular flexibility index (Phi) is 3.34. The van der Waals surface area contributed by atoms with E-state index in [1.807, 2.05) is 6.20 Å². The van der Waals surface area contributed by atoms with Crippen LogP contribution in [0.5, 0.6) is 0 Å². The summed E-state index contributed by atoms with van der Waals surface area (Å²) in [4.78, 5) is 7.10. The molecule has 0 fully saturated rings. The van der Waals surface area contributed by atoms with E-state index in [-0.39, 0.29) is 0 Å². The van der Waals surface area contributed by atoms with Gasteiger partial charge in [0.05, 0.1) is 0 Å². The minimum Gasteiger partial charge on any atom is -0.292 e. The van der Waals surface area contributed by atoms with Crippen molar-refractivity contribution in [1.82, 2.24) is 9.88 Å². The highest BCUT2D eigenvalue weighted by molar-refractivity contribution is 5.27. The Labute approximate surface area is 115 Å². The van der Waals surface area contributed by atoms with E-state index in [0.29, 0.717) is 6.04 Å². The molecule has 0 amide bonds. The highest BCUT2D eigenvalue weighted by atomic mass is 15.2. The van der Waals surface area contributed by atoms with Gasteiger partial charge in [0.1, 0.15) is 0 Å². The van der Waals surface area contributed by atoms with Gasteiger partial charge in [0.2, 0.25) is 0 Å². The molecule has 2 heteroatoms. The van der Waals surface area contributed by atoms with Gasteiger partial charge < -0.3 is 0 Å². The number of rotatable bonds is 2. The first kappa shape index (κ1) is 12.4.